The lowest BCUT2D eigenvalue weighted by atomic mass is 9.96. The first kappa shape index (κ1) is 12.0. The van der Waals surface area contributed by atoms with Crippen LogP contribution in [-0.4, -0.2) is 28.8 Å². The molecule has 17 heavy (non-hydrogen) atoms. The van der Waals surface area contributed by atoms with Crippen LogP contribution in [0.25, 0.3) is 0 Å². The Kier molecular flexibility index (Phi) is 3.36. The van der Waals surface area contributed by atoms with E-state index in [4.69, 9.17) is 4.52 Å². The molecular formula is C12H18N2O3. The summed E-state index contributed by atoms with van der Waals surface area (Å²) < 4.78 is 5.06. The van der Waals surface area contributed by atoms with E-state index in [-0.39, 0.29) is 12.0 Å². The highest BCUT2D eigenvalue weighted by molar-refractivity contribution is 5.71. The predicted molar refractivity (Wildman–Crippen MR) is 63.0 cm³/mol. The van der Waals surface area contributed by atoms with Crippen LogP contribution in [0.15, 0.2) is 10.6 Å². The third kappa shape index (κ3) is 2.43. The Balaban J connectivity index is 2.23. The summed E-state index contributed by atoms with van der Waals surface area (Å²) >= 11 is 0. The average molecular weight is 238 g/mol. The molecule has 0 saturated carbocycles. The molecule has 0 aromatic carbocycles. The second kappa shape index (κ2) is 4.77. The monoisotopic (exact) mass is 238 g/mol. The van der Waals surface area contributed by atoms with Crippen LogP contribution in [0.3, 0.4) is 0 Å². The van der Waals surface area contributed by atoms with Crippen LogP contribution in [0.5, 0.6) is 0 Å². The van der Waals surface area contributed by atoms with Crippen molar-refractivity contribution >= 4 is 11.8 Å². The van der Waals surface area contributed by atoms with Gasteiger partial charge in [-0.15, -0.1) is 0 Å². The number of anilines is 1. The molecule has 2 heterocycles. The van der Waals surface area contributed by atoms with E-state index in [1.807, 2.05) is 24.8 Å². The van der Waals surface area contributed by atoms with Crippen LogP contribution in [0.2, 0.25) is 0 Å². The molecule has 1 N–H and O–H groups in total. The molecule has 2 rings (SSSR count). The first-order valence-corrected chi connectivity index (χ1v) is 6.02. The van der Waals surface area contributed by atoms with Crippen molar-refractivity contribution in [3.63, 3.8) is 0 Å². The van der Waals surface area contributed by atoms with Gasteiger partial charge in [0.2, 0.25) is 0 Å². The number of hydrogen-bond donors (Lipinski definition) is 1. The van der Waals surface area contributed by atoms with Gasteiger partial charge in [-0.1, -0.05) is 11.6 Å². The Morgan fingerprint density at radius 2 is 2.35 bits per heavy atom. The number of aryl methyl sites for hydroxylation is 1. The number of aliphatic carboxylic acids is 1. The lowest BCUT2D eigenvalue weighted by molar-refractivity contribution is -0.142. The first-order chi connectivity index (χ1) is 8.09. The van der Waals surface area contributed by atoms with E-state index in [1.54, 1.807) is 0 Å². The van der Waals surface area contributed by atoms with Gasteiger partial charge in [0, 0.05) is 18.7 Å². The van der Waals surface area contributed by atoms with Gasteiger partial charge < -0.3 is 14.5 Å². The van der Waals surface area contributed by atoms with E-state index in [0.717, 1.165) is 37.4 Å². The summed E-state index contributed by atoms with van der Waals surface area (Å²) in [5, 5.41) is 13.2. The molecule has 0 bridgehead atoms. The van der Waals surface area contributed by atoms with Crippen LogP contribution in [0.4, 0.5) is 5.82 Å². The molecule has 1 saturated heterocycles. The van der Waals surface area contributed by atoms with Crippen molar-refractivity contribution in [1.82, 2.24) is 5.16 Å². The van der Waals surface area contributed by atoms with Gasteiger partial charge in [0.15, 0.2) is 5.82 Å². The van der Waals surface area contributed by atoms with E-state index >= 15 is 0 Å². The second-order valence-electron chi connectivity index (χ2n) is 4.67. The number of carboxylic acid groups (broad SMARTS) is 1. The molecule has 1 aromatic rings. The molecule has 1 fully saturated rings. The highest BCUT2D eigenvalue weighted by Crippen LogP contribution is 2.27. The topological polar surface area (TPSA) is 66.6 Å². The zero-order valence-electron chi connectivity index (χ0n) is 10.2. The average Bonchev–Trinajstić information content (AvgIpc) is 2.58. The molecule has 0 spiro atoms. The normalized spacial score (nSPS) is 25.6. The largest absolute Gasteiger partial charge is 0.481 e. The molecule has 1 aromatic heterocycles. The van der Waals surface area contributed by atoms with Gasteiger partial charge in [-0.3, -0.25) is 4.79 Å². The van der Waals surface area contributed by atoms with Crippen molar-refractivity contribution in [2.24, 2.45) is 5.92 Å². The molecule has 5 nitrogen and oxygen atoms in total. The zero-order valence-corrected chi connectivity index (χ0v) is 10.2. The van der Waals surface area contributed by atoms with Crippen LogP contribution in [-0.2, 0) is 4.79 Å². The van der Waals surface area contributed by atoms with Crippen molar-refractivity contribution < 1.29 is 14.4 Å². The fraction of sp³-hybridized carbons (Fsp3) is 0.667. The maximum atomic E-state index is 11.2. The molecule has 94 valence electrons. The maximum absolute atomic E-state index is 11.2. The van der Waals surface area contributed by atoms with Crippen molar-refractivity contribution in [3.05, 3.63) is 11.8 Å². The van der Waals surface area contributed by atoms with Crippen molar-refractivity contribution in [2.75, 3.05) is 11.4 Å². The molecule has 0 amide bonds. The zero-order chi connectivity index (χ0) is 12.4. The van der Waals surface area contributed by atoms with Gasteiger partial charge in [-0.05, 0) is 26.7 Å². The maximum Gasteiger partial charge on any atom is 0.308 e. The Hall–Kier alpha value is -1.52. The van der Waals surface area contributed by atoms with Crippen molar-refractivity contribution in [1.29, 1.82) is 0 Å². The molecule has 5 heteroatoms. The number of aromatic nitrogens is 1. The van der Waals surface area contributed by atoms with Crippen molar-refractivity contribution in [3.8, 4) is 0 Å². The number of hydrogen-bond acceptors (Lipinski definition) is 4. The number of carbonyl (C=O) groups is 1. The Morgan fingerprint density at radius 1 is 1.59 bits per heavy atom. The number of carboxylic acids is 1. The highest BCUT2D eigenvalue weighted by atomic mass is 16.5. The molecule has 1 aliphatic rings. The predicted octanol–water partition coefficient (Wildman–Crippen LogP) is 2.06. The highest BCUT2D eigenvalue weighted by Gasteiger charge is 2.32. The van der Waals surface area contributed by atoms with E-state index in [1.165, 1.54) is 0 Å². The molecule has 0 unspecified atom stereocenters. The van der Waals surface area contributed by atoms with E-state index in [2.05, 4.69) is 5.16 Å². The summed E-state index contributed by atoms with van der Waals surface area (Å²) in [5.41, 5.74) is 0. The van der Waals surface area contributed by atoms with Crippen LogP contribution in [0, 0.1) is 12.8 Å². The fourth-order valence-corrected chi connectivity index (χ4v) is 2.45. The van der Waals surface area contributed by atoms with E-state index in [9.17, 15) is 9.90 Å². The third-order valence-corrected chi connectivity index (χ3v) is 3.47. The fourth-order valence-electron chi connectivity index (χ4n) is 2.45. The molecule has 2 atom stereocenters. The summed E-state index contributed by atoms with van der Waals surface area (Å²) in [6, 6.07) is 1.82. The number of rotatable bonds is 2. The summed E-state index contributed by atoms with van der Waals surface area (Å²) in [7, 11) is 0. The quantitative estimate of drug-likeness (QED) is 0.854. The van der Waals surface area contributed by atoms with Crippen LogP contribution in [0.1, 0.15) is 31.9 Å². The van der Waals surface area contributed by atoms with E-state index < -0.39 is 5.97 Å². The Morgan fingerprint density at radius 3 is 2.94 bits per heavy atom. The van der Waals surface area contributed by atoms with Crippen molar-refractivity contribution in [2.45, 2.75) is 39.2 Å². The lowest BCUT2D eigenvalue weighted by Gasteiger charge is -2.29. The number of nitrogens with zero attached hydrogens (tertiary/aromatic N) is 2. The summed E-state index contributed by atoms with van der Waals surface area (Å²) in [6.45, 7) is 4.64. The smallest absolute Gasteiger partial charge is 0.308 e. The summed E-state index contributed by atoms with van der Waals surface area (Å²) in [4.78, 5) is 13.3. The minimum atomic E-state index is -0.718. The van der Waals surface area contributed by atoms with Gasteiger partial charge in [0.05, 0.1) is 5.92 Å². The van der Waals surface area contributed by atoms with E-state index in [0.29, 0.717) is 0 Å². The molecule has 0 aliphatic carbocycles. The van der Waals surface area contributed by atoms with Gasteiger partial charge in [0.1, 0.15) is 5.76 Å². The Labute approximate surface area is 100 Å². The summed E-state index contributed by atoms with van der Waals surface area (Å²) in [6.07, 6.45) is 2.69. The summed E-state index contributed by atoms with van der Waals surface area (Å²) in [5.74, 6) is 0.464. The molecule has 0 radical (unpaired) electrons. The standard InChI is InChI=1S/C12H18N2O3/c1-8-7-11(13-17-8)14-6-4-3-5-10(9(14)2)12(15)16/h7,9-10H,3-6H2,1-2H3,(H,15,16)/t9-,10+/m1/s1. The van der Waals surface area contributed by atoms with Gasteiger partial charge in [-0.2, -0.15) is 0 Å². The van der Waals surface area contributed by atoms with Crippen LogP contribution < -0.4 is 4.90 Å². The Bertz CT molecular complexity index is 402. The SMILES string of the molecule is Cc1cc(N2CCCC[C@H](C(=O)O)[C@H]2C)no1. The minimum absolute atomic E-state index is 0.0421. The molecule has 1 aliphatic heterocycles. The third-order valence-electron chi connectivity index (χ3n) is 3.47. The minimum Gasteiger partial charge on any atom is -0.481 e. The van der Waals surface area contributed by atoms with Gasteiger partial charge >= 0.3 is 5.97 Å². The van der Waals surface area contributed by atoms with Gasteiger partial charge in [0.25, 0.3) is 0 Å². The first-order valence-electron chi connectivity index (χ1n) is 6.02. The second-order valence-corrected chi connectivity index (χ2v) is 4.67. The van der Waals surface area contributed by atoms with Crippen LogP contribution >= 0.6 is 0 Å². The molecular weight excluding hydrogens is 220 g/mol. The lowest BCUT2D eigenvalue weighted by Crippen LogP contribution is -2.40. The van der Waals surface area contributed by atoms with Gasteiger partial charge in [-0.25, -0.2) is 0 Å².